The molecule has 0 aliphatic heterocycles. The van der Waals surface area contributed by atoms with Gasteiger partial charge in [-0.15, -0.1) is 0 Å². The van der Waals surface area contributed by atoms with Crippen molar-refractivity contribution in [3.63, 3.8) is 0 Å². The quantitative estimate of drug-likeness (QED) is 0.196. The molecule has 2 N–H and O–H groups in total. The van der Waals surface area contributed by atoms with Crippen molar-refractivity contribution in [3.05, 3.63) is 27.5 Å². The van der Waals surface area contributed by atoms with E-state index < -0.39 is 12.2 Å². The highest BCUT2D eigenvalue weighted by Crippen LogP contribution is 2.28. The molecule has 2 heterocycles. The van der Waals surface area contributed by atoms with E-state index in [0.29, 0.717) is 15.4 Å². The predicted octanol–water partition coefficient (Wildman–Crippen LogP) is 3.25. The fourth-order valence-corrected chi connectivity index (χ4v) is 2.37. The maximum Gasteiger partial charge on any atom is 0.535 e. The SMILES string of the molecule is CCOC(=O)O/N=C(\N)c1cn(C(=O)OCC)c2nc(Cl)c(Br)cc12. The van der Waals surface area contributed by atoms with E-state index in [1.54, 1.807) is 19.9 Å². The molecule has 0 aliphatic carbocycles. The number of carbonyl (C=O) groups is 2. The second-order valence-electron chi connectivity index (χ2n) is 4.49. The molecule has 134 valence electrons. The highest BCUT2D eigenvalue weighted by atomic mass is 79.9. The van der Waals surface area contributed by atoms with Gasteiger partial charge in [0.1, 0.15) is 5.15 Å². The summed E-state index contributed by atoms with van der Waals surface area (Å²) in [6, 6.07) is 1.61. The van der Waals surface area contributed by atoms with Crippen LogP contribution >= 0.6 is 27.5 Å². The summed E-state index contributed by atoms with van der Waals surface area (Å²) in [5, 5.41) is 4.12. The molecule has 0 unspecified atom stereocenters. The second kappa shape index (κ2) is 8.17. The molecule has 0 bridgehead atoms. The first kappa shape index (κ1) is 19.0. The van der Waals surface area contributed by atoms with Gasteiger partial charge in [-0.1, -0.05) is 16.8 Å². The number of rotatable bonds is 4. The lowest BCUT2D eigenvalue weighted by atomic mass is 10.2. The van der Waals surface area contributed by atoms with Gasteiger partial charge < -0.3 is 15.2 Å². The van der Waals surface area contributed by atoms with Crippen molar-refractivity contribution in [1.82, 2.24) is 9.55 Å². The van der Waals surface area contributed by atoms with Crippen molar-refractivity contribution in [3.8, 4) is 0 Å². The second-order valence-corrected chi connectivity index (χ2v) is 5.71. The number of oxime groups is 1. The lowest BCUT2D eigenvalue weighted by Crippen LogP contribution is -2.16. The number of pyridine rings is 1. The van der Waals surface area contributed by atoms with E-state index in [2.05, 4.69) is 35.6 Å². The molecule has 0 atom stereocenters. The van der Waals surface area contributed by atoms with Crippen LogP contribution < -0.4 is 5.73 Å². The molecule has 0 aliphatic rings. The Bertz CT molecular complexity index is 851. The maximum atomic E-state index is 12.1. The molecular formula is C14H14BrClN4O5. The van der Waals surface area contributed by atoms with Crippen molar-refractivity contribution in [2.45, 2.75) is 13.8 Å². The summed E-state index contributed by atoms with van der Waals surface area (Å²) < 4.78 is 11.2. The monoisotopic (exact) mass is 432 g/mol. The van der Waals surface area contributed by atoms with Gasteiger partial charge in [0.2, 0.25) is 0 Å². The molecule has 0 spiro atoms. The van der Waals surface area contributed by atoms with Crippen LogP contribution in [0.2, 0.25) is 5.15 Å². The van der Waals surface area contributed by atoms with Gasteiger partial charge in [0, 0.05) is 17.1 Å². The average Bonchev–Trinajstić information content (AvgIpc) is 2.92. The highest BCUT2D eigenvalue weighted by molar-refractivity contribution is 9.10. The zero-order valence-corrected chi connectivity index (χ0v) is 15.6. The van der Waals surface area contributed by atoms with E-state index in [9.17, 15) is 9.59 Å². The third-order valence-electron chi connectivity index (χ3n) is 2.91. The molecular weight excluding hydrogens is 420 g/mol. The van der Waals surface area contributed by atoms with Crippen LogP contribution in [0.1, 0.15) is 19.4 Å². The minimum absolute atomic E-state index is 0.131. The number of halogens is 2. The number of nitrogens with two attached hydrogens (primary N) is 1. The Morgan fingerprint density at radius 2 is 2.04 bits per heavy atom. The van der Waals surface area contributed by atoms with Crippen LogP contribution in [0.3, 0.4) is 0 Å². The first-order chi connectivity index (χ1) is 11.9. The number of carbonyl (C=O) groups excluding carboxylic acids is 2. The number of nitrogens with zero attached hydrogens (tertiary/aromatic N) is 3. The average molecular weight is 434 g/mol. The van der Waals surface area contributed by atoms with Crippen molar-refractivity contribution < 1.29 is 23.9 Å². The van der Waals surface area contributed by atoms with Crippen LogP contribution in [0.5, 0.6) is 0 Å². The van der Waals surface area contributed by atoms with Crippen molar-refractivity contribution >= 4 is 56.6 Å². The molecule has 0 radical (unpaired) electrons. The summed E-state index contributed by atoms with van der Waals surface area (Å²) in [4.78, 5) is 32.0. The van der Waals surface area contributed by atoms with Gasteiger partial charge >= 0.3 is 12.2 Å². The Kier molecular flexibility index (Phi) is 6.21. The molecule has 0 saturated carbocycles. The van der Waals surface area contributed by atoms with Gasteiger partial charge in [-0.2, -0.15) is 0 Å². The van der Waals surface area contributed by atoms with E-state index in [1.807, 2.05) is 0 Å². The molecule has 2 aromatic heterocycles. The number of hydrogen-bond acceptors (Lipinski definition) is 7. The molecule has 0 aromatic carbocycles. The van der Waals surface area contributed by atoms with E-state index >= 15 is 0 Å². The molecule has 11 heteroatoms. The molecule has 2 rings (SSSR count). The zero-order valence-electron chi connectivity index (χ0n) is 13.3. The zero-order chi connectivity index (χ0) is 18.6. The Morgan fingerprint density at radius 3 is 2.68 bits per heavy atom. The Labute approximate surface area is 155 Å². The smallest absolute Gasteiger partial charge is 0.449 e. The van der Waals surface area contributed by atoms with Gasteiger partial charge in [0.25, 0.3) is 0 Å². The topological polar surface area (TPSA) is 118 Å². The van der Waals surface area contributed by atoms with Crippen LogP contribution in [0, 0.1) is 0 Å². The van der Waals surface area contributed by atoms with Gasteiger partial charge in [-0.25, -0.2) is 19.1 Å². The van der Waals surface area contributed by atoms with Crippen molar-refractivity contribution in [2.24, 2.45) is 10.9 Å². The lowest BCUT2D eigenvalue weighted by molar-refractivity contribution is 0.0613. The van der Waals surface area contributed by atoms with Crippen molar-refractivity contribution in [1.29, 1.82) is 0 Å². The van der Waals surface area contributed by atoms with Gasteiger partial charge in [0.05, 0.1) is 17.7 Å². The first-order valence-electron chi connectivity index (χ1n) is 7.10. The normalized spacial score (nSPS) is 11.4. The third-order valence-corrected chi connectivity index (χ3v) is 4.03. The summed E-state index contributed by atoms with van der Waals surface area (Å²) in [6.45, 7) is 3.60. The van der Waals surface area contributed by atoms with Crippen molar-refractivity contribution in [2.75, 3.05) is 13.2 Å². The number of fused-ring (bicyclic) bond motifs is 1. The summed E-state index contributed by atoms with van der Waals surface area (Å²) in [7, 11) is 0. The molecule has 0 fully saturated rings. The van der Waals surface area contributed by atoms with E-state index in [1.165, 1.54) is 6.20 Å². The summed E-state index contributed by atoms with van der Waals surface area (Å²) in [6.07, 6.45) is -0.295. The number of hydrogen-bond donors (Lipinski definition) is 1. The Morgan fingerprint density at radius 1 is 1.36 bits per heavy atom. The third kappa shape index (κ3) is 4.20. The molecule has 0 amide bonds. The number of aromatic nitrogens is 2. The first-order valence-corrected chi connectivity index (χ1v) is 8.27. The largest absolute Gasteiger partial charge is 0.535 e. The summed E-state index contributed by atoms with van der Waals surface area (Å²) >= 11 is 9.25. The van der Waals surface area contributed by atoms with E-state index in [-0.39, 0.29) is 29.8 Å². The molecule has 0 saturated heterocycles. The molecule has 2 aromatic rings. The highest BCUT2D eigenvalue weighted by Gasteiger charge is 2.20. The van der Waals surface area contributed by atoms with Crippen LogP contribution in [0.25, 0.3) is 11.0 Å². The van der Waals surface area contributed by atoms with E-state index in [0.717, 1.165) is 4.57 Å². The number of amidine groups is 1. The lowest BCUT2D eigenvalue weighted by Gasteiger charge is -2.03. The van der Waals surface area contributed by atoms with Gasteiger partial charge in [-0.3, -0.25) is 4.84 Å². The summed E-state index contributed by atoms with van der Waals surface area (Å²) in [5.74, 6) is -0.155. The van der Waals surface area contributed by atoms with E-state index in [4.69, 9.17) is 22.1 Å². The summed E-state index contributed by atoms with van der Waals surface area (Å²) in [5.41, 5.74) is 6.38. The van der Waals surface area contributed by atoms with Gasteiger partial charge in [0.15, 0.2) is 11.5 Å². The molecule has 9 nitrogen and oxygen atoms in total. The Hall–Kier alpha value is -2.33. The maximum absolute atomic E-state index is 12.1. The van der Waals surface area contributed by atoms with Crippen LogP contribution in [-0.4, -0.2) is 40.8 Å². The Balaban J connectivity index is 2.52. The fourth-order valence-electron chi connectivity index (χ4n) is 1.92. The standard InChI is InChI=1S/C14H14BrClN4O5/c1-3-23-13(21)20-6-8(11(17)19-25-14(22)24-4-2)7-5-9(15)10(16)18-12(7)20/h5-6H,3-4H2,1-2H3,(H2,17,19). The van der Waals surface area contributed by atoms with Crippen LogP contribution in [-0.2, 0) is 14.3 Å². The predicted molar refractivity (Wildman–Crippen MR) is 93.7 cm³/mol. The number of ether oxygens (including phenoxy) is 2. The minimum Gasteiger partial charge on any atom is -0.449 e. The van der Waals surface area contributed by atoms with Crippen LogP contribution in [0.15, 0.2) is 21.9 Å². The fraction of sp³-hybridized carbons (Fsp3) is 0.286. The minimum atomic E-state index is -0.998. The van der Waals surface area contributed by atoms with Gasteiger partial charge in [-0.05, 0) is 35.8 Å². The van der Waals surface area contributed by atoms with Crippen LogP contribution in [0.4, 0.5) is 9.59 Å². The molecule has 25 heavy (non-hydrogen) atoms.